The third kappa shape index (κ3) is 3.26. The molecule has 1 aliphatic rings. The number of nitrogens with one attached hydrogen (secondary N) is 1. The fourth-order valence-corrected chi connectivity index (χ4v) is 3.25. The van der Waals surface area contributed by atoms with Crippen LogP contribution in [0.5, 0.6) is 0 Å². The summed E-state index contributed by atoms with van der Waals surface area (Å²) in [6.07, 6.45) is 2.19. The maximum atomic E-state index is 14.0. The molecule has 23 heavy (non-hydrogen) atoms. The molecule has 2 aromatic carbocycles. The molecule has 2 N–H and O–H groups in total. The summed E-state index contributed by atoms with van der Waals surface area (Å²) in [6, 6.07) is 10.7. The van der Waals surface area contributed by atoms with E-state index < -0.39 is 0 Å². The molecule has 2 nitrogen and oxygen atoms in total. The zero-order valence-electron chi connectivity index (χ0n) is 13.1. The molecule has 1 heterocycles. The normalized spacial score (nSPS) is 20.8. The van der Waals surface area contributed by atoms with Crippen molar-refractivity contribution in [3.63, 3.8) is 0 Å². The number of anilines is 1. The van der Waals surface area contributed by atoms with Crippen molar-refractivity contribution in [1.29, 1.82) is 0 Å². The highest BCUT2D eigenvalue weighted by atomic mass is 35.5. The van der Waals surface area contributed by atoms with Gasteiger partial charge in [0.1, 0.15) is 5.82 Å². The number of aliphatic hydroxyl groups is 1. The lowest BCUT2D eigenvalue weighted by molar-refractivity contribution is 0.154. The smallest absolute Gasteiger partial charge is 0.132 e. The first-order valence-corrected chi connectivity index (χ1v) is 8.03. The van der Waals surface area contributed by atoms with Gasteiger partial charge >= 0.3 is 0 Å². The molecule has 0 amide bonds. The lowest BCUT2D eigenvalue weighted by Gasteiger charge is -2.29. The van der Waals surface area contributed by atoms with Gasteiger partial charge in [0.05, 0.1) is 11.1 Å². The quantitative estimate of drug-likeness (QED) is 0.778. The predicted molar refractivity (Wildman–Crippen MR) is 94.2 cm³/mol. The minimum atomic E-state index is -0.372. The van der Waals surface area contributed by atoms with Crippen molar-refractivity contribution in [2.75, 3.05) is 5.32 Å². The number of allylic oxidation sites excluding steroid dienone is 1. The van der Waals surface area contributed by atoms with Crippen molar-refractivity contribution in [3.05, 3.63) is 63.9 Å². The molecule has 0 unspecified atom stereocenters. The molecule has 4 heteroatoms. The van der Waals surface area contributed by atoms with Gasteiger partial charge in [-0.05, 0) is 48.7 Å². The Morgan fingerprint density at radius 3 is 2.87 bits per heavy atom. The Morgan fingerprint density at radius 2 is 2.13 bits per heavy atom. The monoisotopic (exact) mass is 331 g/mol. The van der Waals surface area contributed by atoms with Crippen LogP contribution >= 0.6 is 11.6 Å². The predicted octanol–water partition coefficient (Wildman–Crippen LogP) is 4.76. The summed E-state index contributed by atoms with van der Waals surface area (Å²) in [6.45, 7) is 3.81. The highest BCUT2D eigenvalue weighted by Gasteiger charge is 2.22. The van der Waals surface area contributed by atoms with Gasteiger partial charge in [-0.2, -0.15) is 0 Å². The van der Waals surface area contributed by atoms with Gasteiger partial charge in [0, 0.05) is 23.7 Å². The second kappa shape index (κ2) is 6.34. The Morgan fingerprint density at radius 1 is 1.35 bits per heavy atom. The highest BCUT2D eigenvalue weighted by molar-refractivity contribution is 6.32. The first-order chi connectivity index (χ1) is 11.0. The largest absolute Gasteiger partial charge is 0.391 e. The Hall–Kier alpha value is -1.84. The zero-order valence-corrected chi connectivity index (χ0v) is 13.9. The third-order valence-electron chi connectivity index (χ3n) is 4.26. The Labute approximate surface area is 140 Å². The fraction of sp³-hybridized carbons (Fsp3) is 0.263. The first-order valence-electron chi connectivity index (χ1n) is 7.66. The number of aliphatic hydroxyl groups excluding tert-OH is 1. The van der Waals surface area contributed by atoms with Crippen LogP contribution < -0.4 is 5.32 Å². The van der Waals surface area contributed by atoms with Gasteiger partial charge in [-0.3, -0.25) is 0 Å². The van der Waals surface area contributed by atoms with Crippen LogP contribution in [0.3, 0.4) is 0 Å². The molecule has 0 saturated heterocycles. The number of hydrogen-bond donors (Lipinski definition) is 2. The van der Waals surface area contributed by atoms with Crippen LogP contribution in [0.4, 0.5) is 10.1 Å². The summed E-state index contributed by atoms with van der Waals surface area (Å²) < 4.78 is 14.0. The summed E-state index contributed by atoms with van der Waals surface area (Å²) in [7, 11) is 0. The van der Waals surface area contributed by atoms with Crippen molar-refractivity contribution >= 4 is 28.9 Å². The minimum absolute atomic E-state index is 0.0174. The number of benzene rings is 2. The molecule has 0 aliphatic carbocycles. The summed E-state index contributed by atoms with van der Waals surface area (Å²) in [4.78, 5) is 0. The second-order valence-corrected chi connectivity index (χ2v) is 6.45. The van der Waals surface area contributed by atoms with Crippen molar-refractivity contribution < 1.29 is 9.50 Å². The SMILES string of the molecule is CC(=Cc1ccc2c(c1)N[C@H](C)[C@H](O)C2)c1c(F)cccc1Cl. The van der Waals surface area contributed by atoms with E-state index in [1.54, 1.807) is 12.1 Å². The Balaban J connectivity index is 1.96. The van der Waals surface area contributed by atoms with Crippen LogP contribution in [0.2, 0.25) is 5.02 Å². The molecule has 2 atom stereocenters. The second-order valence-electron chi connectivity index (χ2n) is 6.05. The lowest BCUT2D eigenvalue weighted by Crippen LogP contribution is -2.36. The van der Waals surface area contributed by atoms with Crippen molar-refractivity contribution in [3.8, 4) is 0 Å². The van der Waals surface area contributed by atoms with E-state index >= 15 is 0 Å². The molecule has 1 aliphatic heterocycles. The minimum Gasteiger partial charge on any atom is -0.391 e. The van der Waals surface area contributed by atoms with E-state index in [1.165, 1.54) is 6.07 Å². The summed E-state index contributed by atoms with van der Waals surface area (Å²) in [5, 5.41) is 13.6. The number of fused-ring (bicyclic) bond motifs is 1. The number of hydrogen-bond acceptors (Lipinski definition) is 2. The zero-order chi connectivity index (χ0) is 16.6. The molecule has 0 radical (unpaired) electrons. The number of halogens is 2. The average molecular weight is 332 g/mol. The van der Waals surface area contributed by atoms with Crippen LogP contribution in [0.25, 0.3) is 11.6 Å². The van der Waals surface area contributed by atoms with Gasteiger partial charge in [-0.1, -0.05) is 35.9 Å². The molecule has 2 aromatic rings. The first kappa shape index (κ1) is 16.0. The van der Waals surface area contributed by atoms with Crippen LogP contribution in [0.1, 0.15) is 30.5 Å². The molecule has 0 fully saturated rings. The lowest BCUT2D eigenvalue weighted by atomic mass is 9.94. The van der Waals surface area contributed by atoms with E-state index in [9.17, 15) is 9.50 Å². The van der Waals surface area contributed by atoms with E-state index in [0.29, 0.717) is 17.0 Å². The fourth-order valence-electron chi connectivity index (χ4n) is 2.94. The maximum Gasteiger partial charge on any atom is 0.132 e. The number of rotatable bonds is 2. The van der Waals surface area contributed by atoms with E-state index in [2.05, 4.69) is 5.32 Å². The third-order valence-corrected chi connectivity index (χ3v) is 4.58. The van der Waals surface area contributed by atoms with Crippen molar-refractivity contribution in [1.82, 2.24) is 0 Å². The molecule has 0 aromatic heterocycles. The van der Waals surface area contributed by atoms with Gasteiger partial charge in [0.15, 0.2) is 0 Å². The highest BCUT2D eigenvalue weighted by Crippen LogP contribution is 2.30. The van der Waals surface area contributed by atoms with E-state index in [4.69, 9.17) is 11.6 Å². The summed E-state index contributed by atoms with van der Waals surface area (Å²) in [5.41, 5.74) is 4.29. The molecule has 0 bridgehead atoms. The van der Waals surface area contributed by atoms with Crippen LogP contribution in [0, 0.1) is 5.82 Å². The van der Waals surface area contributed by atoms with Gasteiger partial charge in [-0.25, -0.2) is 4.39 Å². The van der Waals surface area contributed by atoms with Crippen molar-refractivity contribution in [2.45, 2.75) is 32.4 Å². The maximum absolute atomic E-state index is 14.0. The van der Waals surface area contributed by atoms with E-state index in [1.807, 2.05) is 38.1 Å². The molecule has 0 spiro atoms. The van der Waals surface area contributed by atoms with Crippen LogP contribution in [-0.2, 0) is 6.42 Å². The summed E-state index contributed by atoms with van der Waals surface area (Å²) >= 11 is 6.12. The molecular formula is C19H19ClFNO. The van der Waals surface area contributed by atoms with Gasteiger partial charge in [0.25, 0.3) is 0 Å². The molecule has 0 saturated carbocycles. The van der Waals surface area contributed by atoms with Gasteiger partial charge < -0.3 is 10.4 Å². The van der Waals surface area contributed by atoms with E-state index in [-0.39, 0.29) is 18.0 Å². The average Bonchev–Trinajstić information content (AvgIpc) is 2.48. The molecular weight excluding hydrogens is 313 g/mol. The molecule has 120 valence electrons. The Bertz CT molecular complexity index is 752. The van der Waals surface area contributed by atoms with Gasteiger partial charge in [0.2, 0.25) is 0 Å². The summed E-state index contributed by atoms with van der Waals surface area (Å²) in [5.74, 6) is -0.320. The Kier molecular flexibility index (Phi) is 4.42. The van der Waals surface area contributed by atoms with Crippen LogP contribution in [-0.4, -0.2) is 17.3 Å². The van der Waals surface area contributed by atoms with E-state index in [0.717, 1.165) is 22.4 Å². The van der Waals surface area contributed by atoms with Gasteiger partial charge in [-0.15, -0.1) is 0 Å². The van der Waals surface area contributed by atoms with Crippen molar-refractivity contribution in [2.24, 2.45) is 0 Å². The van der Waals surface area contributed by atoms with Crippen LogP contribution in [0.15, 0.2) is 36.4 Å². The topological polar surface area (TPSA) is 32.3 Å². The molecule has 3 rings (SSSR count). The standard InChI is InChI=1S/C19H19ClFNO/c1-11(19-15(20)4-3-5-16(19)21)8-13-6-7-14-10-18(23)12(2)22-17(14)9-13/h3-9,12,18,22-23H,10H2,1-2H3/t12-,18-/m1/s1.